The maximum absolute atomic E-state index is 11.6. The van der Waals surface area contributed by atoms with Gasteiger partial charge in [0.25, 0.3) is 0 Å². The molecule has 0 aromatic heterocycles. The minimum Gasteiger partial charge on any atom is -0.508 e. The third-order valence-electron chi connectivity index (χ3n) is 2.33. The van der Waals surface area contributed by atoms with Gasteiger partial charge in [-0.2, -0.15) is 11.8 Å². The lowest BCUT2D eigenvalue weighted by Gasteiger charge is -2.12. The van der Waals surface area contributed by atoms with Gasteiger partial charge in [0.15, 0.2) is 0 Å². The van der Waals surface area contributed by atoms with Crippen molar-refractivity contribution in [3.05, 3.63) is 29.8 Å². The summed E-state index contributed by atoms with van der Waals surface area (Å²) in [4.78, 5) is 11.6. The van der Waals surface area contributed by atoms with E-state index in [1.807, 2.05) is 6.26 Å². The Balaban J connectivity index is 2.40. The van der Waals surface area contributed by atoms with Crippen LogP contribution in [0.2, 0.25) is 0 Å². The fourth-order valence-corrected chi connectivity index (χ4v) is 1.69. The smallest absolute Gasteiger partial charge is 0.237 e. The fourth-order valence-electron chi connectivity index (χ4n) is 1.39. The van der Waals surface area contributed by atoms with Crippen LogP contribution in [0.3, 0.4) is 0 Å². The Morgan fingerprint density at radius 2 is 2.12 bits per heavy atom. The number of hydrogen-bond donors (Lipinski definition) is 3. The van der Waals surface area contributed by atoms with Crippen molar-refractivity contribution in [3.63, 3.8) is 0 Å². The Kier molecular flexibility index (Phi) is 5.86. The number of rotatable bonds is 6. The van der Waals surface area contributed by atoms with Crippen molar-refractivity contribution >= 4 is 17.7 Å². The summed E-state index contributed by atoms with van der Waals surface area (Å²) in [5, 5.41) is 11.9. The molecular formula is C12H18N2O2S. The Morgan fingerprint density at radius 3 is 2.71 bits per heavy atom. The van der Waals surface area contributed by atoms with Crippen molar-refractivity contribution in [2.45, 2.75) is 12.5 Å². The van der Waals surface area contributed by atoms with E-state index in [1.165, 1.54) is 0 Å². The lowest BCUT2D eigenvalue weighted by molar-refractivity contribution is -0.122. The second-order valence-corrected chi connectivity index (χ2v) is 4.75. The number of amides is 1. The lowest BCUT2D eigenvalue weighted by atomic mass is 10.1. The van der Waals surface area contributed by atoms with Gasteiger partial charge >= 0.3 is 0 Å². The summed E-state index contributed by atoms with van der Waals surface area (Å²) in [5.41, 5.74) is 6.73. The van der Waals surface area contributed by atoms with E-state index in [0.29, 0.717) is 13.0 Å². The monoisotopic (exact) mass is 254 g/mol. The van der Waals surface area contributed by atoms with Crippen LogP contribution in [-0.2, 0) is 11.2 Å². The van der Waals surface area contributed by atoms with E-state index in [9.17, 15) is 4.79 Å². The van der Waals surface area contributed by atoms with Crippen molar-refractivity contribution in [1.29, 1.82) is 0 Å². The Bertz CT molecular complexity index is 354. The molecule has 0 aliphatic heterocycles. The van der Waals surface area contributed by atoms with Gasteiger partial charge in [0, 0.05) is 12.3 Å². The molecular weight excluding hydrogens is 236 g/mol. The fraction of sp³-hybridized carbons (Fsp3) is 0.417. The first-order valence-electron chi connectivity index (χ1n) is 5.43. The first kappa shape index (κ1) is 13.9. The van der Waals surface area contributed by atoms with Gasteiger partial charge in [0.05, 0.1) is 6.04 Å². The van der Waals surface area contributed by atoms with Crippen LogP contribution in [0.5, 0.6) is 5.75 Å². The molecule has 94 valence electrons. The van der Waals surface area contributed by atoms with E-state index in [-0.39, 0.29) is 11.7 Å². The summed E-state index contributed by atoms with van der Waals surface area (Å²) in [6.07, 6.45) is 2.47. The second-order valence-electron chi connectivity index (χ2n) is 3.76. The van der Waals surface area contributed by atoms with Gasteiger partial charge in [-0.25, -0.2) is 0 Å². The van der Waals surface area contributed by atoms with Gasteiger partial charge < -0.3 is 16.2 Å². The van der Waals surface area contributed by atoms with E-state index in [0.717, 1.165) is 11.3 Å². The van der Waals surface area contributed by atoms with Crippen LogP contribution in [0, 0.1) is 0 Å². The number of carbonyl (C=O) groups is 1. The van der Waals surface area contributed by atoms with Crippen LogP contribution in [0.25, 0.3) is 0 Å². The highest BCUT2D eigenvalue weighted by atomic mass is 32.2. The molecule has 0 heterocycles. The first-order valence-corrected chi connectivity index (χ1v) is 6.83. The minimum absolute atomic E-state index is 0.132. The third kappa shape index (κ3) is 5.10. The van der Waals surface area contributed by atoms with E-state index >= 15 is 0 Å². The second kappa shape index (κ2) is 7.19. The highest BCUT2D eigenvalue weighted by molar-refractivity contribution is 7.98. The van der Waals surface area contributed by atoms with Gasteiger partial charge in [-0.05, 0) is 30.4 Å². The van der Waals surface area contributed by atoms with Crippen molar-refractivity contribution in [2.75, 3.05) is 18.6 Å². The third-order valence-corrected chi connectivity index (χ3v) is 2.95. The number of benzene rings is 1. The van der Waals surface area contributed by atoms with Crippen molar-refractivity contribution in [3.8, 4) is 5.75 Å². The maximum atomic E-state index is 11.6. The summed E-state index contributed by atoms with van der Waals surface area (Å²) in [6, 6.07) is 6.18. The number of hydrogen-bond acceptors (Lipinski definition) is 4. The zero-order chi connectivity index (χ0) is 12.7. The number of aromatic hydroxyl groups is 1. The first-order chi connectivity index (χ1) is 8.13. The van der Waals surface area contributed by atoms with Gasteiger partial charge in [-0.1, -0.05) is 12.1 Å². The average molecular weight is 254 g/mol. The van der Waals surface area contributed by atoms with Crippen LogP contribution in [0.1, 0.15) is 5.56 Å². The predicted molar refractivity (Wildman–Crippen MR) is 71.2 cm³/mol. The normalized spacial score (nSPS) is 12.1. The predicted octanol–water partition coefficient (Wildman–Crippen LogP) is 0.741. The van der Waals surface area contributed by atoms with Crippen molar-refractivity contribution < 1.29 is 9.90 Å². The summed E-state index contributed by atoms with van der Waals surface area (Å²) >= 11 is 1.68. The maximum Gasteiger partial charge on any atom is 0.237 e. The molecule has 0 spiro atoms. The molecule has 0 fully saturated rings. The number of carbonyl (C=O) groups excluding carboxylic acids is 1. The molecule has 1 amide bonds. The number of thioether (sulfide) groups is 1. The van der Waals surface area contributed by atoms with E-state index in [2.05, 4.69) is 5.32 Å². The molecule has 0 aliphatic rings. The molecule has 1 aromatic rings. The molecule has 1 atom stereocenters. The molecule has 5 heteroatoms. The van der Waals surface area contributed by atoms with Gasteiger partial charge in [-0.15, -0.1) is 0 Å². The number of nitrogens with one attached hydrogen (secondary N) is 1. The number of phenolic OH excluding ortho intramolecular Hbond substituents is 1. The van der Waals surface area contributed by atoms with E-state index in [4.69, 9.17) is 10.8 Å². The van der Waals surface area contributed by atoms with E-state index < -0.39 is 6.04 Å². The Labute approximate surface area is 106 Å². The molecule has 0 saturated heterocycles. The topological polar surface area (TPSA) is 75.4 Å². The molecule has 1 aromatic carbocycles. The molecule has 17 heavy (non-hydrogen) atoms. The van der Waals surface area contributed by atoms with Crippen LogP contribution in [-0.4, -0.2) is 35.6 Å². The zero-order valence-electron chi connectivity index (χ0n) is 9.85. The minimum atomic E-state index is -0.540. The SMILES string of the molecule is CSCCNC(=O)[C@@H](N)Cc1ccc(O)cc1. The highest BCUT2D eigenvalue weighted by Gasteiger charge is 2.13. The van der Waals surface area contributed by atoms with Crippen molar-refractivity contribution in [2.24, 2.45) is 5.73 Å². The van der Waals surface area contributed by atoms with Gasteiger partial charge in [0.2, 0.25) is 5.91 Å². The highest BCUT2D eigenvalue weighted by Crippen LogP contribution is 2.10. The Morgan fingerprint density at radius 1 is 1.47 bits per heavy atom. The van der Waals surface area contributed by atoms with Crippen LogP contribution < -0.4 is 11.1 Å². The molecule has 0 aliphatic carbocycles. The molecule has 1 rings (SSSR count). The summed E-state index contributed by atoms with van der Waals surface area (Å²) in [6.45, 7) is 0.642. The number of nitrogens with two attached hydrogens (primary N) is 1. The zero-order valence-corrected chi connectivity index (χ0v) is 10.7. The quantitative estimate of drug-likeness (QED) is 0.655. The van der Waals surface area contributed by atoms with Gasteiger partial charge in [0.1, 0.15) is 5.75 Å². The van der Waals surface area contributed by atoms with E-state index in [1.54, 1.807) is 36.0 Å². The largest absolute Gasteiger partial charge is 0.508 e. The molecule has 4 nitrogen and oxygen atoms in total. The summed E-state index contributed by atoms with van der Waals surface area (Å²) < 4.78 is 0. The summed E-state index contributed by atoms with van der Waals surface area (Å²) in [5.74, 6) is 0.969. The molecule has 0 bridgehead atoms. The molecule has 0 radical (unpaired) electrons. The standard InChI is InChI=1S/C12H18N2O2S/c1-17-7-6-14-12(16)11(13)8-9-2-4-10(15)5-3-9/h2-5,11,15H,6-8,13H2,1H3,(H,14,16)/t11-/m0/s1. The van der Waals surface area contributed by atoms with Crippen LogP contribution >= 0.6 is 11.8 Å². The van der Waals surface area contributed by atoms with Crippen LogP contribution in [0.4, 0.5) is 0 Å². The molecule has 4 N–H and O–H groups in total. The van der Waals surface area contributed by atoms with Gasteiger partial charge in [-0.3, -0.25) is 4.79 Å². The van der Waals surface area contributed by atoms with Crippen molar-refractivity contribution in [1.82, 2.24) is 5.32 Å². The average Bonchev–Trinajstić information content (AvgIpc) is 2.32. The lowest BCUT2D eigenvalue weighted by Crippen LogP contribution is -2.42. The summed E-state index contributed by atoms with van der Waals surface area (Å²) in [7, 11) is 0. The number of phenols is 1. The van der Waals surface area contributed by atoms with Crippen LogP contribution in [0.15, 0.2) is 24.3 Å². The molecule has 0 unspecified atom stereocenters. The Hall–Kier alpha value is -1.20. The molecule has 0 saturated carbocycles.